The van der Waals surface area contributed by atoms with Crippen molar-refractivity contribution in [2.24, 2.45) is 0 Å². The molecule has 1 N–H and O–H groups in total. The van der Waals surface area contributed by atoms with Gasteiger partial charge in [0.15, 0.2) is 11.6 Å². The molecule has 0 amide bonds. The van der Waals surface area contributed by atoms with Gasteiger partial charge in [0.05, 0.1) is 6.10 Å². The van der Waals surface area contributed by atoms with Crippen LogP contribution in [0.2, 0.25) is 0 Å². The van der Waals surface area contributed by atoms with Gasteiger partial charge in [-0.2, -0.15) is 0 Å². The number of hydrogen-bond acceptors (Lipinski definition) is 1. The van der Waals surface area contributed by atoms with Gasteiger partial charge in [0, 0.05) is 6.42 Å². The minimum Gasteiger partial charge on any atom is -0.388 e. The molecule has 1 unspecified atom stereocenters. The van der Waals surface area contributed by atoms with E-state index in [0.717, 1.165) is 30.5 Å². The number of hydrogen-bond donors (Lipinski definition) is 1. The van der Waals surface area contributed by atoms with Crippen molar-refractivity contribution in [3.05, 3.63) is 70.8 Å². The highest BCUT2D eigenvalue weighted by Gasteiger charge is 2.10. The lowest BCUT2D eigenvalue weighted by atomic mass is 9.99. The number of rotatable bonds is 5. The van der Waals surface area contributed by atoms with Gasteiger partial charge in [-0.15, -0.1) is 0 Å². The normalized spacial score (nSPS) is 12.4. The van der Waals surface area contributed by atoms with Gasteiger partial charge < -0.3 is 5.11 Å². The highest BCUT2D eigenvalue weighted by molar-refractivity contribution is 5.26. The Balaban J connectivity index is 2.06. The van der Waals surface area contributed by atoms with Crippen LogP contribution in [0.1, 0.15) is 36.1 Å². The van der Waals surface area contributed by atoms with E-state index in [1.807, 2.05) is 24.3 Å². The Morgan fingerprint density at radius 1 is 0.950 bits per heavy atom. The molecule has 0 fully saturated rings. The topological polar surface area (TPSA) is 20.2 Å². The molecule has 2 rings (SSSR count). The van der Waals surface area contributed by atoms with Gasteiger partial charge in [-0.05, 0) is 35.2 Å². The summed E-state index contributed by atoms with van der Waals surface area (Å²) in [4.78, 5) is 0. The van der Waals surface area contributed by atoms with Gasteiger partial charge in [-0.25, -0.2) is 8.78 Å². The van der Waals surface area contributed by atoms with Crippen LogP contribution in [0.4, 0.5) is 8.78 Å². The monoisotopic (exact) mass is 276 g/mol. The molecule has 0 aliphatic rings. The quantitative estimate of drug-likeness (QED) is 0.868. The summed E-state index contributed by atoms with van der Waals surface area (Å²) in [5.41, 5.74) is 2.60. The van der Waals surface area contributed by atoms with E-state index in [1.165, 1.54) is 11.6 Å². The highest BCUT2D eigenvalue weighted by atomic mass is 19.2. The van der Waals surface area contributed by atoms with Crippen LogP contribution in [0, 0.1) is 11.6 Å². The van der Waals surface area contributed by atoms with Gasteiger partial charge in [0.25, 0.3) is 0 Å². The van der Waals surface area contributed by atoms with E-state index in [0.29, 0.717) is 5.56 Å². The van der Waals surface area contributed by atoms with Crippen molar-refractivity contribution in [2.75, 3.05) is 0 Å². The van der Waals surface area contributed by atoms with E-state index in [9.17, 15) is 13.9 Å². The van der Waals surface area contributed by atoms with Crippen LogP contribution in [0.25, 0.3) is 0 Å². The maximum Gasteiger partial charge on any atom is 0.159 e. The second-order valence-electron chi connectivity index (χ2n) is 4.96. The predicted molar refractivity (Wildman–Crippen MR) is 75.5 cm³/mol. The molecular formula is C17H18F2O. The van der Waals surface area contributed by atoms with E-state index in [4.69, 9.17) is 0 Å². The molecule has 0 heterocycles. The molecule has 1 atom stereocenters. The zero-order valence-electron chi connectivity index (χ0n) is 11.4. The number of aliphatic hydroxyl groups excluding tert-OH is 1. The van der Waals surface area contributed by atoms with Crippen LogP contribution in [0.5, 0.6) is 0 Å². The van der Waals surface area contributed by atoms with Gasteiger partial charge in [0.2, 0.25) is 0 Å². The summed E-state index contributed by atoms with van der Waals surface area (Å²) in [7, 11) is 0. The molecule has 2 aromatic carbocycles. The second-order valence-corrected chi connectivity index (χ2v) is 4.96. The van der Waals surface area contributed by atoms with Crippen LogP contribution in [-0.4, -0.2) is 5.11 Å². The Morgan fingerprint density at radius 2 is 1.60 bits per heavy atom. The van der Waals surface area contributed by atoms with E-state index in [2.05, 4.69) is 6.92 Å². The Bertz CT molecular complexity index is 564. The number of benzene rings is 2. The lowest BCUT2D eigenvalue weighted by Gasteiger charge is -2.12. The molecule has 0 saturated heterocycles. The molecule has 20 heavy (non-hydrogen) atoms. The first-order valence-corrected chi connectivity index (χ1v) is 6.81. The lowest BCUT2D eigenvalue weighted by molar-refractivity contribution is 0.178. The smallest absolute Gasteiger partial charge is 0.159 e. The largest absolute Gasteiger partial charge is 0.388 e. The fourth-order valence-corrected chi connectivity index (χ4v) is 2.20. The summed E-state index contributed by atoms with van der Waals surface area (Å²) in [6, 6.07) is 11.5. The van der Waals surface area contributed by atoms with E-state index < -0.39 is 17.7 Å². The molecule has 3 heteroatoms. The second kappa shape index (κ2) is 6.62. The van der Waals surface area contributed by atoms with Crippen molar-refractivity contribution in [1.29, 1.82) is 0 Å². The van der Waals surface area contributed by atoms with Gasteiger partial charge in [-0.1, -0.05) is 43.7 Å². The molecular weight excluding hydrogens is 258 g/mol. The van der Waals surface area contributed by atoms with Crippen molar-refractivity contribution < 1.29 is 13.9 Å². The molecule has 0 spiro atoms. The zero-order chi connectivity index (χ0) is 14.5. The summed E-state index contributed by atoms with van der Waals surface area (Å²) in [6.45, 7) is 2.12. The Hall–Kier alpha value is -1.74. The number of aliphatic hydroxyl groups is 1. The lowest BCUT2D eigenvalue weighted by Crippen LogP contribution is -2.02. The fraction of sp³-hybridized carbons (Fsp3) is 0.294. The van der Waals surface area contributed by atoms with Crippen molar-refractivity contribution in [3.63, 3.8) is 0 Å². The third-order valence-corrected chi connectivity index (χ3v) is 3.32. The highest BCUT2D eigenvalue weighted by Crippen LogP contribution is 2.20. The molecule has 106 valence electrons. The number of halogens is 2. The third kappa shape index (κ3) is 3.64. The maximum atomic E-state index is 13.1. The minimum atomic E-state index is -0.881. The van der Waals surface area contributed by atoms with Crippen molar-refractivity contribution in [3.8, 4) is 0 Å². The molecule has 0 aliphatic heterocycles. The van der Waals surface area contributed by atoms with Crippen molar-refractivity contribution in [2.45, 2.75) is 32.3 Å². The van der Waals surface area contributed by atoms with Crippen LogP contribution in [0.3, 0.4) is 0 Å². The minimum absolute atomic E-state index is 0.268. The standard InChI is InChI=1S/C17H18F2O/c1-2-3-12-4-7-14(8-5-12)17(20)11-13-6-9-15(18)16(19)10-13/h4-10,17,20H,2-3,11H2,1H3. The van der Waals surface area contributed by atoms with Gasteiger partial charge >= 0.3 is 0 Å². The summed E-state index contributed by atoms with van der Waals surface area (Å²) >= 11 is 0. The van der Waals surface area contributed by atoms with Gasteiger partial charge in [-0.3, -0.25) is 0 Å². The predicted octanol–water partition coefficient (Wildman–Crippen LogP) is 4.19. The van der Waals surface area contributed by atoms with Crippen LogP contribution >= 0.6 is 0 Å². The zero-order valence-corrected chi connectivity index (χ0v) is 11.4. The molecule has 0 saturated carbocycles. The summed E-state index contributed by atoms with van der Waals surface area (Å²) in [5, 5.41) is 10.1. The van der Waals surface area contributed by atoms with E-state index in [1.54, 1.807) is 0 Å². The molecule has 2 aromatic rings. The van der Waals surface area contributed by atoms with E-state index >= 15 is 0 Å². The van der Waals surface area contributed by atoms with Crippen LogP contribution < -0.4 is 0 Å². The summed E-state index contributed by atoms with van der Waals surface area (Å²) in [5.74, 6) is -1.75. The summed E-state index contributed by atoms with van der Waals surface area (Å²) < 4.78 is 26.0. The van der Waals surface area contributed by atoms with Gasteiger partial charge in [0.1, 0.15) is 0 Å². The SMILES string of the molecule is CCCc1ccc(C(O)Cc2ccc(F)c(F)c2)cc1. The first-order valence-electron chi connectivity index (χ1n) is 6.81. The average molecular weight is 276 g/mol. The Kier molecular flexibility index (Phi) is 4.85. The average Bonchev–Trinajstić information content (AvgIpc) is 2.44. The summed E-state index contributed by atoms with van der Waals surface area (Å²) in [6.07, 6.45) is 1.65. The first-order chi connectivity index (χ1) is 9.60. The third-order valence-electron chi connectivity index (χ3n) is 3.32. The molecule has 1 nitrogen and oxygen atoms in total. The molecule has 0 bridgehead atoms. The van der Waals surface area contributed by atoms with Crippen molar-refractivity contribution >= 4 is 0 Å². The van der Waals surface area contributed by atoms with Crippen LogP contribution in [-0.2, 0) is 12.8 Å². The van der Waals surface area contributed by atoms with Crippen LogP contribution in [0.15, 0.2) is 42.5 Å². The fourth-order valence-electron chi connectivity index (χ4n) is 2.20. The maximum absolute atomic E-state index is 13.1. The number of aryl methyl sites for hydroxylation is 1. The molecule has 0 aliphatic carbocycles. The Labute approximate surface area is 117 Å². The molecule has 0 radical (unpaired) electrons. The Morgan fingerprint density at radius 3 is 2.20 bits per heavy atom. The van der Waals surface area contributed by atoms with E-state index in [-0.39, 0.29) is 6.42 Å². The van der Waals surface area contributed by atoms with Crippen molar-refractivity contribution in [1.82, 2.24) is 0 Å². The first kappa shape index (κ1) is 14.7. The molecule has 0 aromatic heterocycles.